The SMILES string of the molecule is CC(C(=O)O)C(=O)NCc1nnc2ccccn12. The fourth-order valence-electron chi connectivity index (χ4n) is 1.44. The van der Waals surface area contributed by atoms with Crippen LogP contribution in [0.25, 0.3) is 5.65 Å². The van der Waals surface area contributed by atoms with Crippen LogP contribution in [0.4, 0.5) is 0 Å². The van der Waals surface area contributed by atoms with Crippen LogP contribution in [0.15, 0.2) is 24.4 Å². The number of pyridine rings is 1. The van der Waals surface area contributed by atoms with Crippen molar-refractivity contribution in [2.24, 2.45) is 5.92 Å². The van der Waals surface area contributed by atoms with E-state index in [1.165, 1.54) is 6.92 Å². The van der Waals surface area contributed by atoms with Gasteiger partial charge < -0.3 is 10.4 Å². The van der Waals surface area contributed by atoms with Crippen molar-refractivity contribution in [2.45, 2.75) is 13.5 Å². The molecule has 2 N–H and O–H groups in total. The van der Waals surface area contributed by atoms with Gasteiger partial charge >= 0.3 is 5.97 Å². The standard InChI is InChI=1S/C11H12N4O3/c1-7(11(17)18)10(16)12-6-9-14-13-8-4-2-3-5-15(8)9/h2-5,7H,6H2,1H3,(H,12,16)(H,17,18). The molecule has 1 amide bonds. The summed E-state index contributed by atoms with van der Waals surface area (Å²) in [5.74, 6) is -2.23. The van der Waals surface area contributed by atoms with Gasteiger partial charge in [-0.3, -0.25) is 14.0 Å². The summed E-state index contributed by atoms with van der Waals surface area (Å²) in [6.07, 6.45) is 1.78. The van der Waals surface area contributed by atoms with Crippen LogP contribution in [0.1, 0.15) is 12.7 Å². The van der Waals surface area contributed by atoms with Gasteiger partial charge in [0.15, 0.2) is 11.5 Å². The summed E-state index contributed by atoms with van der Waals surface area (Å²) < 4.78 is 1.73. The largest absolute Gasteiger partial charge is 0.481 e. The van der Waals surface area contributed by atoms with Gasteiger partial charge in [0.1, 0.15) is 5.92 Å². The number of hydrogen-bond donors (Lipinski definition) is 2. The van der Waals surface area contributed by atoms with Crippen molar-refractivity contribution >= 4 is 17.5 Å². The number of nitrogens with zero attached hydrogens (tertiary/aromatic N) is 3. The molecule has 0 aliphatic carbocycles. The highest BCUT2D eigenvalue weighted by atomic mass is 16.4. The lowest BCUT2D eigenvalue weighted by atomic mass is 10.2. The van der Waals surface area contributed by atoms with Crippen LogP contribution in [0.2, 0.25) is 0 Å². The molecule has 0 bridgehead atoms. The molecule has 7 nitrogen and oxygen atoms in total. The molecule has 1 atom stereocenters. The molecular weight excluding hydrogens is 236 g/mol. The lowest BCUT2D eigenvalue weighted by Crippen LogP contribution is -2.33. The molecular formula is C11H12N4O3. The molecule has 7 heteroatoms. The second-order valence-electron chi connectivity index (χ2n) is 3.82. The van der Waals surface area contributed by atoms with Crippen molar-refractivity contribution < 1.29 is 14.7 Å². The quantitative estimate of drug-likeness (QED) is 0.746. The van der Waals surface area contributed by atoms with Gasteiger partial charge in [0.05, 0.1) is 6.54 Å². The normalized spacial score (nSPS) is 12.3. The lowest BCUT2D eigenvalue weighted by molar-refractivity contribution is -0.146. The van der Waals surface area contributed by atoms with Gasteiger partial charge in [-0.2, -0.15) is 0 Å². The van der Waals surface area contributed by atoms with Crippen LogP contribution in [-0.2, 0) is 16.1 Å². The van der Waals surface area contributed by atoms with Crippen LogP contribution >= 0.6 is 0 Å². The van der Waals surface area contributed by atoms with Crippen molar-refractivity contribution in [1.29, 1.82) is 0 Å². The molecule has 0 saturated carbocycles. The van der Waals surface area contributed by atoms with E-state index in [4.69, 9.17) is 5.11 Å². The maximum atomic E-state index is 11.5. The Morgan fingerprint density at radius 3 is 2.94 bits per heavy atom. The fraction of sp³-hybridized carbons (Fsp3) is 0.273. The zero-order chi connectivity index (χ0) is 13.1. The maximum absolute atomic E-state index is 11.5. The topological polar surface area (TPSA) is 96.6 Å². The van der Waals surface area contributed by atoms with E-state index in [1.54, 1.807) is 16.7 Å². The predicted octanol–water partition coefficient (Wildman–Crippen LogP) is 0.0662. The van der Waals surface area contributed by atoms with Gasteiger partial charge in [0.25, 0.3) is 0 Å². The van der Waals surface area contributed by atoms with E-state index < -0.39 is 17.8 Å². The van der Waals surface area contributed by atoms with Crippen molar-refractivity contribution in [1.82, 2.24) is 19.9 Å². The number of aliphatic carboxylic acids is 1. The first-order valence-electron chi connectivity index (χ1n) is 5.38. The summed E-state index contributed by atoms with van der Waals surface area (Å²) in [5, 5.41) is 19.0. The number of nitrogens with one attached hydrogen (secondary N) is 1. The Bertz CT molecular complexity index is 593. The molecule has 94 valence electrons. The molecule has 2 aromatic heterocycles. The number of hydrogen-bond acceptors (Lipinski definition) is 4. The zero-order valence-corrected chi connectivity index (χ0v) is 9.70. The van der Waals surface area contributed by atoms with Crippen LogP contribution in [0, 0.1) is 5.92 Å². The van der Waals surface area contributed by atoms with Crippen molar-refractivity contribution in [3.8, 4) is 0 Å². The number of rotatable bonds is 4. The molecule has 1 unspecified atom stereocenters. The Morgan fingerprint density at radius 2 is 2.22 bits per heavy atom. The molecule has 2 heterocycles. The van der Waals surface area contributed by atoms with Crippen LogP contribution in [-0.4, -0.2) is 31.6 Å². The Morgan fingerprint density at radius 1 is 1.44 bits per heavy atom. The minimum atomic E-state index is -1.15. The number of carbonyl (C=O) groups excluding carboxylic acids is 1. The Hall–Kier alpha value is -2.44. The highest BCUT2D eigenvalue weighted by Gasteiger charge is 2.20. The smallest absolute Gasteiger partial charge is 0.315 e. The van der Waals surface area contributed by atoms with Gasteiger partial charge in [-0.05, 0) is 19.1 Å². The summed E-state index contributed by atoms with van der Waals surface area (Å²) in [7, 11) is 0. The third-order valence-electron chi connectivity index (χ3n) is 2.57. The molecule has 0 fully saturated rings. The molecule has 0 aliphatic heterocycles. The van der Waals surface area contributed by atoms with Crippen molar-refractivity contribution in [3.63, 3.8) is 0 Å². The highest BCUT2D eigenvalue weighted by molar-refractivity contribution is 5.96. The average Bonchev–Trinajstić information content (AvgIpc) is 2.78. The highest BCUT2D eigenvalue weighted by Crippen LogP contribution is 2.03. The first kappa shape index (κ1) is 12.0. The molecule has 0 saturated heterocycles. The number of amides is 1. The minimum absolute atomic E-state index is 0.141. The zero-order valence-electron chi connectivity index (χ0n) is 9.70. The van der Waals surface area contributed by atoms with Gasteiger partial charge in [-0.15, -0.1) is 10.2 Å². The van der Waals surface area contributed by atoms with Gasteiger partial charge in [-0.25, -0.2) is 0 Å². The summed E-state index contributed by atoms with van der Waals surface area (Å²) in [6, 6.07) is 5.44. The van der Waals surface area contributed by atoms with E-state index in [2.05, 4.69) is 15.5 Å². The number of aromatic nitrogens is 3. The first-order chi connectivity index (χ1) is 8.59. The Labute approximate surface area is 102 Å². The van der Waals surface area contributed by atoms with Crippen LogP contribution in [0.3, 0.4) is 0 Å². The summed E-state index contributed by atoms with van der Waals surface area (Å²) >= 11 is 0. The summed E-state index contributed by atoms with van der Waals surface area (Å²) in [4.78, 5) is 22.1. The first-order valence-corrected chi connectivity index (χ1v) is 5.38. The maximum Gasteiger partial charge on any atom is 0.315 e. The molecule has 18 heavy (non-hydrogen) atoms. The van der Waals surface area contributed by atoms with E-state index in [0.29, 0.717) is 11.5 Å². The minimum Gasteiger partial charge on any atom is -0.481 e. The summed E-state index contributed by atoms with van der Waals surface area (Å²) in [5.41, 5.74) is 0.674. The lowest BCUT2D eigenvalue weighted by Gasteiger charge is -2.07. The monoisotopic (exact) mass is 248 g/mol. The molecule has 0 aliphatic rings. The number of carboxylic acid groups (broad SMARTS) is 1. The molecule has 0 spiro atoms. The van der Waals surface area contributed by atoms with Gasteiger partial charge in [-0.1, -0.05) is 6.07 Å². The Kier molecular flexibility index (Phi) is 3.22. The third-order valence-corrected chi connectivity index (χ3v) is 2.57. The second kappa shape index (κ2) is 4.82. The molecule has 2 aromatic rings. The van der Waals surface area contributed by atoms with E-state index >= 15 is 0 Å². The van der Waals surface area contributed by atoms with E-state index in [0.717, 1.165) is 0 Å². The molecule has 0 aromatic carbocycles. The van der Waals surface area contributed by atoms with Gasteiger partial charge in [0, 0.05) is 6.20 Å². The average molecular weight is 248 g/mol. The molecule has 0 radical (unpaired) electrons. The van der Waals surface area contributed by atoms with Crippen LogP contribution in [0.5, 0.6) is 0 Å². The van der Waals surface area contributed by atoms with Gasteiger partial charge in [0.2, 0.25) is 5.91 Å². The number of fused-ring (bicyclic) bond motifs is 1. The fourth-order valence-corrected chi connectivity index (χ4v) is 1.44. The van der Waals surface area contributed by atoms with E-state index in [9.17, 15) is 9.59 Å². The van der Waals surface area contributed by atoms with Crippen LogP contribution < -0.4 is 5.32 Å². The van der Waals surface area contributed by atoms with Crippen molar-refractivity contribution in [3.05, 3.63) is 30.2 Å². The molecule has 2 rings (SSSR count). The van der Waals surface area contributed by atoms with Crippen molar-refractivity contribution in [2.75, 3.05) is 0 Å². The predicted molar refractivity (Wildman–Crippen MR) is 61.6 cm³/mol. The third kappa shape index (κ3) is 2.29. The summed E-state index contributed by atoms with van der Waals surface area (Å²) in [6.45, 7) is 1.47. The number of carbonyl (C=O) groups is 2. The Balaban J connectivity index is 2.07. The second-order valence-corrected chi connectivity index (χ2v) is 3.82. The van der Waals surface area contributed by atoms with E-state index in [-0.39, 0.29) is 6.54 Å². The van der Waals surface area contributed by atoms with E-state index in [1.807, 2.05) is 12.1 Å². The number of carboxylic acids is 1.